The molecule has 1 aromatic carbocycles. The molecule has 16 heavy (non-hydrogen) atoms. The number of hydrogen-bond donors (Lipinski definition) is 1. The number of rotatable bonds is 2. The zero-order valence-electron chi connectivity index (χ0n) is 9.33. The molecule has 0 aliphatic carbocycles. The highest BCUT2D eigenvalue weighted by atomic mass is 35.5. The molecule has 2 aromatic rings. The quantitative estimate of drug-likeness (QED) is 0.856. The van der Waals surface area contributed by atoms with Crippen molar-refractivity contribution in [2.24, 2.45) is 5.73 Å². The number of aryl methyl sites for hydroxylation is 2. The summed E-state index contributed by atoms with van der Waals surface area (Å²) in [5.41, 5.74) is 9.62. The molecule has 1 heterocycles. The lowest BCUT2D eigenvalue weighted by Gasteiger charge is -2.13. The van der Waals surface area contributed by atoms with Gasteiger partial charge in [-0.3, -0.25) is 0 Å². The van der Waals surface area contributed by atoms with Crippen LogP contribution >= 0.6 is 22.9 Å². The van der Waals surface area contributed by atoms with Crippen LogP contribution in [0.2, 0.25) is 5.02 Å². The summed E-state index contributed by atoms with van der Waals surface area (Å²) in [5, 5.41) is 2.81. The molecule has 1 nitrogen and oxygen atoms in total. The Bertz CT molecular complexity index is 504. The monoisotopic (exact) mass is 251 g/mol. The molecule has 0 saturated carbocycles. The van der Waals surface area contributed by atoms with Crippen LogP contribution in [0.3, 0.4) is 0 Å². The minimum atomic E-state index is -0.118. The maximum atomic E-state index is 6.24. The maximum Gasteiger partial charge on any atom is 0.0663 e. The van der Waals surface area contributed by atoms with Crippen LogP contribution in [0.5, 0.6) is 0 Å². The van der Waals surface area contributed by atoms with Gasteiger partial charge in [0.15, 0.2) is 0 Å². The molecule has 2 rings (SSSR count). The van der Waals surface area contributed by atoms with Crippen molar-refractivity contribution in [2.45, 2.75) is 19.9 Å². The van der Waals surface area contributed by atoms with Crippen LogP contribution in [0, 0.1) is 13.8 Å². The first-order chi connectivity index (χ1) is 7.59. The van der Waals surface area contributed by atoms with Gasteiger partial charge in [0.05, 0.1) is 6.04 Å². The summed E-state index contributed by atoms with van der Waals surface area (Å²) in [7, 11) is 0. The van der Waals surface area contributed by atoms with E-state index in [9.17, 15) is 0 Å². The van der Waals surface area contributed by atoms with E-state index in [1.807, 2.05) is 25.1 Å². The Labute approximate surface area is 105 Å². The molecule has 3 heteroatoms. The molecular formula is C13H14ClNS. The van der Waals surface area contributed by atoms with E-state index in [4.69, 9.17) is 17.3 Å². The van der Waals surface area contributed by atoms with Crippen molar-refractivity contribution >= 4 is 22.9 Å². The minimum absolute atomic E-state index is 0.118. The summed E-state index contributed by atoms with van der Waals surface area (Å²) in [5.74, 6) is 0. The fourth-order valence-corrected chi connectivity index (χ4v) is 3.03. The molecular weight excluding hydrogens is 238 g/mol. The molecule has 0 saturated heterocycles. The minimum Gasteiger partial charge on any atom is -0.320 e. The predicted molar refractivity (Wildman–Crippen MR) is 71.3 cm³/mol. The summed E-state index contributed by atoms with van der Waals surface area (Å²) >= 11 is 7.90. The first kappa shape index (κ1) is 11.6. The highest BCUT2D eigenvalue weighted by Gasteiger charge is 2.15. The van der Waals surface area contributed by atoms with E-state index in [2.05, 4.69) is 18.4 Å². The lowest BCUT2D eigenvalue weighted by atomic mass is 10.0. The molecule has 0 amide bonds. The Balaban J connectivity index is 2.41. The summed E-state index contributed by atoms with van der Waals surface area (Å²) < 4.78 is 0. The van der Waals surface area contributed by atoms with Crippen LogP contribution < -0.4 is 5.73 Å². The van der Waals surface area contributed by atoms with Gasteiger partial charge in [0.1, 0.15) is 0 Å². The third kappa shape index (κ3) is 2.14. The van der Waals surface area contributed by atoms with E-state index < -0.39 is 0 Å². The molecule has 0 spiro atoms. The molecule has 2 N–H and O–H groups in total. The highest BCUT2D eigenvalue weighted by molar-refractivity contribution is 7.10. The smallest absolute Gasteiger partial charge is 0.0663 e. The summed E-state index contributed by atoms with van der Waals surface area (Å²) in [4.78, 5) is 1.19. The predicted octanol–water partition coefficient (Wildman–Crippen LogP) is 4.07. The fourth-order valence-electron chi connectivity index (χ4n) is 1.73. The third-order valence-corrected chi connectivity index (χ3v) is 4.10. The van der Waals surface area contributed by atoms with Crippen molar-refractivity contribution < 1.29 is 0 Å². The van der Waals surface area contributed by atoms with Gasteiger partial charge in [-0.1, -0.05) is 23.7 Å². The highest BCUT2D eigenvalue weighted by Crippen LogP contribution is 2.31. The molecule has 1 unspecified atom stereocenters. The van der Waals surface area contributed by atoms with Gasteiger partial charge in [-0.2, -0.15) is 0 Å². The molecule has 0 fully saturated rings. The number of hydrogen-bond acceptors (Lipinski definition) is 2. The van der Waals surface area contributed by atoms with Gasteiger partial charge in [-0.15, -0.1) is 11.3 Å². The van der Waals surface area contributed by atoms with Gasteiger partial charge in [-0.25, -0.2) is 0 Å². The molecule has 1 aromatic heterocycles. The average Bonchev–Trinajstić information content (AvgIpc) is 2.63. The Morgan fingerprint density at radius 2 is 2.00 bits per heavy atom. The van der Waals surface area contributed by atoms with E-state index in [0.29, 0.717) is 0 Å². The Hall–Kier alpha value is -0.830. The average molecular weight is 252 g/mol. The maximum absolute atomic E-state index is 6.24. The second kappa shape index (κ2) is 4.58. The van der Waals surface area contributed by atoms with Gasteiger partial charge >= 0.3 is 0 Å². The van der Waals surface area contributed by atoms with Crippen molar-refractivity contribution in [3.63, 3.8) is 0 Å². The summed E-state index contributed by atoms with van der Waals surface area (Å²) in [6.07, 6.45) is 0. The van der Waals surface area contributed by atoms with Crippen LogP contribution in [0.4, 0.5) is 0 Å². The second-order valence-electron chi connectivity index (χ2n) is 3.97. The lowest BCUT2D eigenvalue weighted by molar-refractivity contribution is 0.885. The summed E-state index contributed by atoms with van der Waals surface area (Å²) in [6.45, 7) is 4.10. The van der Waals surface area contributed by atoms with Crippen molar-refractivity contribution in [2.75, 3.05) is 0 Å². The Kier molecular flexibility index (Phi) is 3.33. The Morgan fingerprint density at radius 3 is 2.56 bits per heavy atom. The van der Waals surface area contributed by atoms with Crippen molar-refractivity contribution in [3.8, 4) is 0 Å². The number of halogens is 1. The SMILES string of the molecule is Cc1ccc(C(N)c2sccc2C)c(Cl)c1. The van der Waals surface area contributed by atoms with Crippen molar-refractivity contribution in [1.82, 2.24) is 0 Å². The Morgan fingerprint density at radius 1 is 1.25 bits per heavy atom. The number of benzene rings is 1. The van der Waals surface area contributed by atoms with E-state index >= 15 is 0 Å². The molecule has 0 aliphatic heterocycles. The normalized spacial score (nSPS) is 12.8. The van der Waals surface area contributed by atoms with E-state index in [-0.39, 0.29) is 6.04 Å². The molecule has 0 radical (unpaired) electrons. The van der Waals surface area contributed by atoms with Crippen LogP contribution in [-0.2, 0) is 0 Å². The first-order valence-corrected chi connectivity index (χ1v) is 6.41. The van der Waals surface area contributed by atoms with E-state index in [1.165, 1.54) is 10.4 Å². The van der Waals surface area contributed by atoms with Gasteiger partial charge < -0.3 is 5.73 Å². The van der Waals surface area contributed by atoms with Crippen molar-refractivity contribution in [3.05, 3.63) is 56.2 Å². The molecule has 0 bridgehead atoms. The standard InChI is InChI=1S/C13H14ClNS/c1-8-3-4-10(11(14)7-8)12(15)13-9(2)5-6-16-13/h3-7,12H,15H2,1-2H3. The van der Waals surface area contributed by atoms with Gasteiger partial charge in [0, 0.05) is 9.90 Å². The summed E-state index contributed by atoms with van der Waals surface area (Å²) in [6, 6.07) is 7.99. The van der Waals surface area contributed by atoms with Gasteiger partial charge in [-0.05, 0) is 48.1 Å². The third-order valence-electron chi connectivity index (χ3n) is 2.68. The van der Waals surface area contributed by atoms with E-state index in [0.717, 1.165) is 16.1 Å². The molecule has 0 aliphatic rings. The zero-order chi connectivity index (χ0) is 11.7. The topological polar surface area (TPSA) is 26.0 Å². The first-order valence-electron chi connectivity index (χ1n) is 5.15. The number of thiophene rings is 1. The zero-order valence-corrected chi connectivity index (χ0v) is 10.9. The van der Waals surface area contributed by atoms with Crippen LogP contribution in [-0.4, -0.2) is 0 Å². The van der Waals surface area contributed by atoms with Crippen molar-refractivity contribution in [1.29, 1.82) is 0 Å². The lowest BCUT2D eigenvalue weighted by Crippen LogP contribution is -2.11. The second-order valence-corrected chi connectivity index (χ2v) is 5.33. The largest absolute Gasteiger partial charge is 0.320 e. The van der Waals surface area contributed by atoms with Gasteiger partial charge in [0.2, 0.25) is 0 Å². The molecule has 84 valence electrons. The van der Waals surface area contributed by atoms with Crippen LogP contribution in [0.25, 0.3) is 0 Å². The van der Waals surface area contributed by atoms with Gasteiger partial charge in [0.25, 0.3) is 0 Å². The fraction of sp³-hybridized carbons (Fsp3) is 0.231. The number of nitrogens with two attached hydrogens (primary N) is 1. The van der Waals surface area contributed by atoms with E-state index in [1.54, 1.807) is 11.3 Å². The van der Waals surface area contributed by atoms with Crippen LogP contribution in [0.1, 0.15) is 27.6 Å². The van der Waals surface area contributed by atoms with Crippen LogP contribution in [0.15, 0.2) is 29.6 Å². The molecule has 1 atom stereocenters.